The molecule has 0 saturated heterocycles. The van der Waals surface area contributed by atoms with Crippen LogP contribution < -0.4 is 10.3 Å². The zero-order chi connectivity index (χ0) is 21.0. The Balaban J connectivity index is 1.72. The fraction of sp³-hybridized carbons (Fsp3) is 0.182. The first-order valence-electron chi connectivity index (χ1n) is 9.29. The summed E-state index contributed by atoms with van der Waals surface area (Å²) >= 11 is 1.33. The highest BCUT2D eigenvalue weighted by Crippen LogP contribution is 2.47. The number of hydrogen-bond acceptors (Lipinski definition) is 5. The van der Waals surface area contributed by atoms with Crippen LogP contribution in [-0.4, -0.2) is 14.7 Å². The van der Waals surface area contributed by atoms with Crippen molar-refractivity contribution in [2.45, 2.75) is 18.4 Å². The number of aliphatic hydroxyl groups is 1. The summed E-state index contributed by atoms with van der Waals surface area (Å²) in [6.45, 7) is 0. The lowest BCUT2D eigenvalue weighted by Gasteiger charge is -2.16. The molecule has 30 heavy (non-hydrogen) atoms. The lowest BCUT2D eigenvalue weighted by Crippen LogP contribution is -2.15. The molecule has 8 heteroatoms. The summed E-state index contributed by atoms with van der Waals surface area (Å²) < 4.78 is 35.2. The highest BCUT2D eigenvalue weighted by molar-refractivity contribution is 7.17. The van der Waals surface area contributed by atoms with Gasteiger partial charge in [0, 0.05) is 47.6 Å². The average Bonchev–Trinajstić information content (AvgIpc) is 3.28. The van der Waals surface area contributed by atoms with E-state index in [9.17, 15) is 18.7 Å². The number of rotatable bonds is 4. The van der Waals surface area contributed by atoms with Crippen molar-refractivity contribution in [3.63, 3.8) is 0 Å². The molecule has 0 amide bonds. The van der Waals surface area contributed by atoms with E-state index < -0.39 is 17.2 Å². The van der Waals surface area contributed by atoms with Crippen molar-refractivity contribution in [3.8, 4) is 22.8 Å². The normalized spacial score (nSPS) is 14.8. The molecule has 3 aromatic heterocycles. The molecule has 1 aliphatic carbocycles. The third-order valence-electron chi connectivity index (χ3n) is 5.30. The SMILES string of the molecule is Cn1cc(-c2cc(C3(O)CC3)cnc2Oc2ccc(F)cc2F)c2ccsc2c1=O. The molecular formula is C22H16F2N2O3S. The molecule has 0 atom stereocenters. The van der Waals surface area contributed by atoms with Crippen LogP contribution in [0.3, 0.4) is 0 Å². The zero-order valence-corrected chi connectivity index (χ0v) is 16.7. The Labute approximate surface area is 173 Å². The van der Waals surface area contributed by atoms with Crippen LogP contribution in [0.25, 0.3) is 21.2 Å². The number of aromatic nitrogens is 2. The predicted octanol–water partition coefficient (Wildman–Crippen LogP) is 4.71. The van der Waals surface area contributed by atoms with Crippen LogP contribution in [0, 0.1) is 11.6 Å². The Morgan fingerprint density at radius 2 is 2.00 bits per heavy atom. The minimum absolute atomic E-state index is 0.0969. The molecular weight excluding hydrogens is 410 g/mol. The van der Waals surface area contributed by atoms with E-state index >= 15 is 0 Å². The van der Waals surface area contributed by atoms with Gasteiger partial charge in [0.25, 0.3) is 5.56 Å². The first-order chi connectivity index (χ1) is 14.4. The van der Waals surface area contributed by atoms with Gasteiger partial charge in [-0.1, -0.05) is 0 Å². The summed E-state index contributed by atoms with van der Waals surface area (Å²) in [5.41, 5.74) is 0.748. The molecule has 0 spiro atoms. The lowest BCUT2D eigenvalue weighted by atomic mass is 10.0. The summed E-state index contributed by atoms with van der Waals surface area (Å²) in [5, 5.41) is 13.1. The van der Waals surface area contributed by atoms with Gasteiger partial charge in [0.1, 0.15) is 10.5 Å². The second kappa shape index (κ2) is 6.72. The standard InChI is InChI=1S/C22H16F2N2O3S/c1-26-11-16(14-4-7-30-19(14)21(26)27)15-8-12(22(28)5-6-22)10-25-20(15)29-18-3-2-13(23)9-17(18)24/h2-4,7-11,28H,5-6H2,1H3. The van der Waals surface area contributed by atoms with Gasteiger partial charge in [-0.2, -0.15) is 0 Å². The van der Waals surface area contributed by atoms with Gasteiger partial charge in [0.15, 0.2) is 11.6 Å². The van der Waals surface area contributed by atoms with Crippen molar-refractivity contribution in [1.29, 1.82) is 0 Å². The summed E-state index contributed by atoms with van der Waals surface area (Å²) in [7, 11) is 1.65. The second-order valence-electron chi connectivity index (χ2n) is 7.41. The van der Waals surface area contributed by atoms with Gasteiger partial charge in [-0.05, 0) is 42.5 Å². The quantitative estimate of drug-likeness (QED) is 0.513. The summed E-state index contributed by atoms with van der Waals surface area (Å²) in [4.78, 5) is 16.8. The van der Waals surface area contributed by atoms with Crippen molar-refractivity contribution < 1.29 is 18.6 Å². The zero-order valence-electron chi connectivity index (χ0n) is 15.9. The van der Waals surface area contributed by atoms with E-state index in [2.05, 4.69) is 4.98 Å². The van der Waals surface area contributed by atoms with E-state index in [1.807, 2.05) is 11.4 Å². The molecule has 3 heterocycles. The van der Waals surface area contributed by atoms with Gasteiger partial charge in [-0.25, -0.2) is 13.8 Å². The van der Waals surface area contributed by atoms with Crippen LogP contribution in [0.5, 0.6) is 11.6 Å². The third kappa shape index (κ3) is 3.09. The molecule has 1 aromatic carbocycles. The fourth-order valence-electron chi connectivity index (χ4n) is 3.43. The van der Waals surface area contributed by atoms with Crippen LogP contribution in [0.1, 0.15) is 18.4 Å². The first kappa shape index (κ1) is 18.9. The van der Waals surface area contributed by atoms with Gasteiger partial charge >= 0.3 is 0 Å². The van der Waals surface area contributed by atoms with Crippen molar-refractivity contribution in [2.24, 2.45) is 7.05 Å². The summed E-state index contributed by atoms with van der Waals surface area (Å²) in [6.07, 6.45) is 4.42. The predicted molar refractivity (Wildman–Crippen MR) is 110 cm³/mol. The van der Waals surface area contributed by atoms with Crippen LogP contribution >= 0.6 is 11.3 Å². The molecule has 4 aromatic rings. The van der Waals surface area contributed by atoms with Gasteiger partial charge in [-0.3, -0.25) is 4.79 Å². The monoisotopic (exact) mass is 426 g/mol. The van der Waals surface area contributed by atoms with Crippen molar-refractivity contribution in [2.75, 3.05) is 0 Å². The van der Waals surface area contributed by atoms with E-state index in [1.54, 1.807) is 19.3 Å². The van der Waals surface area contributed by atoms with Crippen molar-refractivity contribution in [3.05, 3.63) is 75.7 Å². The lowest BCUT2D eigenvalue weighted by molar-refractivity contribution is 0.151. The number of halogens is 2. The maximum atomic E-state index is 14.2. The number of pyridine rings is 2. The number of fused-ring (bicyclic) bond motifs is 1. The fourth-order valence-corrected chi connectivity index (χ4v) is 4.32. The highest BCUT2D eigenvalue weighted by atomic mass is 32.1. The number of thiophene rings is 1. The van der Waals surface area contributed by atoms with Crippen LogP contribution in [0.4, 0.5) is 8.78 Å². The Kier molecular flexibility index (Phi) is 4.23. The molecule has 152 valence electrons. The third-order valence-corrected chi connectivity index (χ3v) is 6.20. The second-order valence-corrected chi connectivity index (χ2v) is 8.32. The van der Waals surface area contributed by atoms with Crippen LogP contribution in [-0.2, 0) is 12.6 Å². The molecule has 0 radical (unpaired) electrons. The Morgan fingerprint density at radius 1 is 1.20 bits per heavy atom. The Morgan fingerprint density at radius 3 is 2.73 bits per heavy atom. The molecule has 0 unspecified atom stereocenters. The summed E-state index contributed by atoms with van der Waals surface area (Å²) in [5.74, 6) is -1.64. The van der Waals surface area contributed by atoms with E-state index in [0.29, 0.717) is 39.6 Å². The number of aryl methyl sites for hydroxylation is 1. The number of nitrogens with zero attached hydrogens (tertiary/aromatic N) is 2. The van der Waals surface area contributed by atoms with E-state index in [1.165, 1.54) is 28.2 Å². The van der Waals surface area contributed by atoms with Gasteiger partial charge in [0.05, 0.1) is 5.60 Å². The summed E-state index contributed by atoms with van der Waals surface area (Å²) in [6, 6.07) is 6.62. The highest BCUT2D eigenvalue weighted by Gasteiger charge is 2.43. The number of benzene rings is 1. The van der Waals surface area contributed by atoms with Gasteiger partial charge in [-0.15, -0.1) is 11.3 Å². The van der Waals surface area contributed by atoms with E-state index in [-0.39, 0.29) is 17.2 Å². The molecule has 0 bridgehead atoms. The molecule has 0 aliphatic heterocycles. The minimum Gasteiger partial charge on any atom is -0.435 e. The topological polar surface area (TPSA) is 64.3 Å². The molecule has 5 nitrogen and oxygen atoms in total. The molecule has 5 rings (SSSR count). The maximum absolute atomic E-state index is 14.2. The maximum Gasteiger partial charge on any atom is 0.268 e. The van der Waals surface area contributed by atoms with Crippen molar-refractivity contribution in [1.82, 2.24) is 9.55 Å². The number of hydrogen-bond donors (Lipinski definition) is 1. The Hall–Kier alpha value is -3.10. The van der Waals surface area contributed by atoms with Crippen LogP contribution in [0.15, 0.2) is 52.9 Å². The van der Waals surface area contributed by atoms with Gasteiger partial charge < -0.3 is 14.4 Å². The van der Waals surface area contributed by atoms with E-state index in [0.717, 1.165) is 12.1 Å². The Bertz CT molecular complexity index is 1360. The molecule has 1 aliphatic rings. The van der Waals surface area contributed by atoms with E-state index in [4.69, 9.17) is 4.74 Å². The van der Waals surface area contributed by atoms with Gasteiger partial charge in [0.2, 0.25) is 5.88 Å². The smallest absolute Gasteiger partial charge is 0.268 e. The molecule has 1 saturated carbocycles. The number of ether oxygens (including phenoxy) is 1. The molecule has 1 N–H and O–H groups in total. The largest absolute Gasteiger partial charge is 0.435 e. The first-order valence-corrected chi connectivity index (χ1v) is 10.2. The van der Waals surface area contributed by atoms with Crippen molar-refractivity contribution >= 4 is 21.4 Å². The average molecular weight is 426 g/mol. The molecule has 1 fully saturated rings. The van der Waals surface area contributed by atoms with Crippen LogP contribution in [0.2, 0.25) is 0 Å². The minimum atomic E-state index is -0.935.